The lowest BCUT2D eigenvalue weighted by Crippen LogP contribution is -2.36. The van der Waals surface area contributed by atoms with E-state index in [1.807, 2.05) is 19.1 Å². The second-order valence-electron chi connectivity index (χ2n) is 8.09. The van der Waals surface area contributed by atoms with Crippen LogP contribution in [-0.4, -0.2) is 41.0 Å². The van der Waals surface area contributed by atoms with Gasteiger partial charge in [0.25, 0.3) is 17.1 Å². The second-order valence-corrected chi connectivity index (χ2v) is 9.09. The predicted octanol–water partition coefficient (Wildman–Crippen LogP) is 4.83. The summed E-state index contributed by atoms with van der Waals surface area (Å²) in [6.45, 7) is 1.29. The van der Waals surface area contributed by atoms with Gasteiger partial charge in [0.05, 0.1) is 4.91 Å². The number of rotatable bonds is 8. The van der Waals surface area contributed by atoms with E-state index in [0.717, 1.165) is 22.2 Å². The van der Waals surface area contributed by atoms with Crippen molar-refractivity contribution in [2.45, 2.75) is 6.92 Å². The molecule has 1 aliphatic rings. The van der Waals surface area contributed by atoms with Crippen molar-refractivity contribution in [3.63, 3.8) is 0 Å². The minimum absolute atomic E-state index is 0.195. The van der Waals surface area contributed by atoms with Crippen molar-refractivity contribution in [2.75, 3.05) is 23.8 Å². The molecule has 1 fully saturated rings. The second kappa shape index (κ2) is 11.5. The predicted molar refractivity (Wildman–Crippen MR) is 139 cm³/mol. The molecule has 8 nitrogen and oxygen atoms in total. The Morgan fingerprint density at radius 3 is 2.14 bits per heavy atom. The summed E-state index contributed by atoms with van der Waals surface area (Å²) in [5.41, 5.74) is 2.71. The van der Waals surface area contributed by atoms with Crippen LogP contribution in [0.3, 0.4) is 0 Å². The zero-order valence-corrected chi connectivity index (χ0v) is 20.5. The lowest BCUT2D eigenvalue weighted by Gasteiger charge is -2.12. The topological polar surface area (TPSA) is 105 Å². The summed E-state index contributed by atoms with van der Waals surface area (Å²) in [6.07, 6.45) is 1.55. The van der Waals surface area contributed by atoms with Crippen LogP contribution in [0.1, 0.15) is 11.1 Å². The fraction of sp³-hybridized carbons (Fsp3) is 0.111. The van der Waals surface area contributed by atoms with Crippen molar-refractivity contribution in [1.29, 1.82) is 0 Å². The smallest absolute Gasteiger partial charge is 0.294 e. The van der Waals surface area contributed by atoms with Crippen LogP contribution in [-0.2, 0) is 14.4 Å². The number of halogens is 1. The molecule has 1 heterocycles. The monoisotopic (exact) mass is 519 g/mol. The van der Waals surface area contributed by atoms with E-state index in [2.05, 4.69) is 10.6 Å². The highest BCUT2D eigenvalue weighted by Crippen LogP contribution is 2.32. The summed E-state index contributed by atoms with van der Waals surface area (Å²) in [7, 11) is 0. The van der Waals surface area contributed by atoms with E-state index in [9.17, 15) is 23.6 Å². The summed E-state index contributed by atoms with van der Waals surface area (Å²) < 4.78 is 18.4. The SMILES string of the molecule is Cc1ccc(NC(=O)CN2C(=O)SC(=Cc3ccc(OCC(=O)Nc4ccc(F)cc4)cc3)C2=O)cc1. The number of aryl methyl sites for hydroxylation is 1. The van der Waals surface area contributed by atoms with Gasteiger partial charge in [0.1, 0.15) is 18.1 Å². The maximum Gasteiger partial charge on any atom is 0.294 e. The van der Waals surface area contributed by atoms with Gasteiger partial charge in [-0.2, -0.15) is 0 Å². The molecule has 2 N–H and O–H groups in total. The van der Waals surface area contributed by atoms with E-state index >= 15 is 0 Å². The average molecular weight is 520 g/mol. The molecule has 188 valence electrons. The molecule has 0 bridgehead atoms. The third-order valence-electron chi connectivity index (χ3n) is 5.19. The van der Waals surface area contributed by atoms with Gasteiger partial charge in [0.2, 0.25) is 5.91 Å². The van der Waals surface area contributed by atoms with E-state index in [0.29, 0.717) is 22.7 Å². The third-order valence-corrected chi connectivity index (χ3v) is 6.09. The number of thioether (sulfide) groups is 1. The standard InChI is InChI=1S/C27H22FN3O5S/c1-17-2-8-20(9-3-17)29-24(32)15-31-26(34)23(37-27(31)35)14-18-4-12-22(13-5-18)36-16-25(33)30-21-10-6-19(28)7-11-21/h2-14H,15-16H2,1H3,(H,29,32)(H,30,33). The number of ether oxygens (including phenoxy) is 1. The largest absolute Gasteiger partial charge is 0.484 e. The van der Waals surface area contributed by atoms with Crippen molar-refractivity contribution in [3.8, 4) is 5.75 Å². The Morgan fingerprint density at radius 1 is 0.892 bits per heavy atom. The Kier molecular flexibility index (Phi) is 7.99. The summed E-state index contributed by atoms with van der Waals surface area (Å²) in [4.78, 5) is 50.5. The van der Waals surface area contributed by atoms with E-state index in [1.54, 1.807) is 42.5 Å². The lowest BCUT2D eigenvalue weighted by molar-refractivity contribution is -0.127. The molecule has 10 heteroatoms. The Bertz CT molecular complexity index is 1360. The van der Waals surface area contributed by atoms with Gasteiger partial charge in [-0.1, -0.05) is 29.8 Å². The van der Waals surface area contributed by atoms with Crippen LogP contribution in [0.5, 0.6) is 5.75 Å². The van der Waals surface area contributed by atoms with Crippen LogP contribution in [0, 0.1) is 12.7 Å². The van der Waals surface area contributed by atoms with Crippen LogP contribution in [0.2, 0.25) is 0 Å². The molecule has 0 unspecified atom stereocenters. The molecule has 3 aromatic rings. The fourth-order valence-electron chi connectivity index (χ4n) is 3.31. The van der Waals surface area contributed by atoms with E-state index in [1.165, 1.54) is 24.3 Å². The van der Waals surface area contributed by atoms with Crippen molar-refractivity contribution < 1.29 is 28.3 Å². The maximum atomic E-state index is 13.0. The first-order valence-electron chi connectivity index (χ1n) is 11.2. The van der Waals surface area contributed by atoms with Crippen LogP contribution < -0.4 is 15.4 Å². The normalized spacial score (nSPS) is 14.1. The van der Waals surface area contributed by atoms with Gasteiger partial charge in [-0.25, -0.2) is 4.39 Å². The number of carbonyl (C=O) groups excluding carboxylic acids is 4. The fourth-order valence-corrected chi connectivity index (χ4v) is 4.15. The average Bonchev–Trinajstić information content (AvgIpc) is 3.13. The molecular weight excluding hydrogens is 497 g/mol. The molecule has 0 aliphatic carbocycles. The van der Waals surface area contributed by atoms with Crippen LogP contribution in [0.25, 0.3) is 6.08 Å². The highest BCUT2D eigenvalue weighted by atomic mass is 32.2. The minimum Gasteiger partial charge on any atom is -0.484 e. The number of benzene rings is 3. The maximum absolute atomic E-state index is 13.0. The van der Waals surface area contributed by atoms with Gasteiger partial charge < -0.3 is 15.4 Å². The molecule has 0 aromatic heterocycles. The Labute approximate surface area is 216 Å². The molecular formula is C27H22FN3O5S. The Hall–Kier alpha value is -4.44. The van der Waals surface area contributed by atoms with Gasteiger partial charge in [-0.3, -0.25) is 24.1 Å². The highest BCUT2D eigenvalue weighted by Gasteiger charge is 2.36. The molecule has 1 saturated heterocycles. The Balaban J connectivity index is 1.30. The molecule has 37 heavy (non-hydrogen) atoms. The molecule has 0 radical (unpaired) electrons. The molecule has 4 amide bonds. The summed E-state index contributed by atoms with van der Waals surface area (Å²) >= 11 is 0.758. The number of carbonyl (C=O) groups is 4. The van der Waals surface area contributed by atoms with Crippen molar-refractivity contribution in [2.24, 2.45) is 0 Å². The van der Waals surface area contributed by atoms with Crippen molar-refractivity contribution in [3.05, 3.63) is 94.6 Å². The molecule has 0 spiro atoms. The van der Waals surface area contributed by atoms with Crippen LogP contribution in [0.15, 0.2) is 77.7 Å². The zero-order valence-electron chi connectivity index (χ0n) is 19.7. The van der Waals surface area contributed by atoms with Crippen molar-refractivity contribution >= 4 is 52.2 Å². The van der Waals surface area contributed by atoms with E-state index in [4.69, 9.17) is 4.74 Å². The highest BCUT2D eigenvalue weighted by molar-refractivity contribution is 8.18. The number of nitrogens with one attached hydrogen (secondary N) is 2. The molecule has 0 atom stereocenters. The third kappa shape index (κ3) is 7.05. The number of imide groups is 1. The number of amides is 4. The molecule has 4 rings (SSSR count). The van der Waals surface area contributed by atoms with Gasteiger partial charge in [0.15, 0.2) is 6.61 Å². The van der Waals surface area contributed by atoms with Crippen LogP contribution in [0.4, 0.5) is 20.6 Å². The number of hydrogen-bond donors (Lipinski definition) is 2. The quantitative estimate of drug-likeness (QED) is 0.413. The molecule has 3 aromatic carbocycles. The van der Waals surface area contributed by atoms with E-state index in [-0.39, 0.29) is 18.1 Å². The van der Waals surface area contributed by atoms with E-state index < -0.39 is 28.8 Å². The van der Waals surface area contributed by atoms with Crippen LogP contribution >= 0.6 is 11.8 Å². The lowest BCUT2D eigenvalue weighted by atomic mass is 10.2. The number of nitrogens with zero attached hydrogens (tertiary/aromatic N) is 1. The first-order chi connectivity index (χ1) is 17.8. The zero-order chi connectivity index (χ0) is 26.4. The van der Waals surface area contributed by atoms with Gasteiger partial charge in [0, 0.05) is 11.4 Å². The first kappa shape index (κ1) is 25.6. The van der Waals surface area contributed by atoms with Gasteiger partial charge >= 0.3 is 0 Å². The van der Waals surface area contributed by atoms with Crippen molar-refractivity contribution in [1.82, 2.24) is 4.90 Å². The van der Waals surface area contributed by atoms with Gasteiger partial charge in [-0.05, 0) is 78.9 Å². The number of hydrogen-bond acceptors (Lipinski definition) is 6. The first-order valence-corrected chi connectivity index (χ1v) is 12.0. The molecule has 1 aliphatic heterocycles. The summed E-state index contributed by atoms with van der Waals surface area (Å²) in [6, 6.07) is 19.1. The summed E-state index contributed by atoms with van der Waals surface area (Å²) in [5, 5.41) is 4.74. The summed E-state index contributed by atoms with van der Waals surface area (Å²) in [5.74, 6) is -1.41. The van der Waals surface area contributed by atoms with Gasteiger partial charge in [-0.15, -0.1) is 0 Å². The molecule has 0 saturated carbocycles. The Morgan fingerprint density at radius 2 is 1.49 bits per heavy atom. The minimum atomic E-state index is -0.549. The number of anilines is 2.